The first-order valence-corrected chi connectivity index (χ1v) is 12.4. The zero-order chi connectivity index (χ0) is 22.9. The third-order valence-corrected chi connectivity index (χ3v) is 7.54. The van der Waals surface area contributed by atoms with Gasteiger partial charge in [-0.3, -0.25) is 0 Å². The average Bonchev–Trinajstić information content (AvgIpc) is 3.19. The van der Waals surface area contributed by atoms with Crippen LogP contribution in [0.4, 0.5) is 25.1 Å². The SMILES string of the molecule is CCCc1nc(N2CCN(C(=O)Nc3ccc(F)cc3F)CC2)c2c3c(sc2n1)CCCC3. The third-order valence-electron chi connectivity index (χ3n) is 6.35. The fourth-order valence-corrected chi connectivity index (χ4v) is 5.93. The predicted molar refractivity (Wildman–Crippen MR) is 127 cm³/mol. The van der Waals surface area contributed by atoms with Crippen molar-refractivity contribution in [1.29, 1.82) is 0 Å². The molecule has 3 aromatic rings. The van der Waals surface area contributed by atoms with Crippen LogP contribution in [-0.4, -0.2) is 47.1 Å². The summed E-state index contributed by atoms with van der Waals surface area (Å²) in [6, 6.07) is 2.76. The van der Waals surface area contributed by atoms with Crippen molar-refractivity contribution in [1.82, 2.24) is 14.9 Å². The Labute approximate surface area is 195 Å². The lowest BCUT2D eigenvalue weighted by Gasteiger charge is -2.36. The number of benzene rings is 1. The molecule has 0 radical (unpaired) electrons. The molecule has 1 saturated heterocycles. The minimum atomic E-state index is -0.781. The van der Waals surface area contributed by atoms with E-state index in [-0.39, 0.29) is 11.7 Å². The predicted octanol–water partition coefficient (Wildman–Crippen LogP) is 5.15. The maximum absolute atomic E-state index is 13.9. The Morgan fingerprint density at radius 2 is 1.91 bits per heavy atom. The zero-order valence-electron chi connectivity index (χ0n) is 18.7. The Bertz CT molecular complexity index is 1190. The maximum Gasteiger partial charge on any atom is 0.322 e. The van der Waals surface area contributed by atoms with Crippen LogP contribution in [0.25, 0.3) is 10.2 Å². The Morgan fingerprint density at radius 1 is 1.12 bits per heavy atom. The van der Waals surface area contributed by atoms with Gasteiger partial charge in [-0.05, 0) is 49.8 Å². The normalized spacial score (nSPS) is 16.2. The molecule has 0 bridgehead atoms. The topological polar surface area (TPSA) is 61.4 Å². The van der Waals surface area contributed by atoms with Crippen molar-refractivity contribution >= 4 is 39.1 Å². The van der Waals surface area contributed by atoms with Gasteiger partial charge in [-0.2, -0.15) is 0 Å². The van der Waals surface area contributed by atoms with Crippen LogP contribution in [0.15, 0.2) is 18.2 Å². The van der Waals surface area contributed by atoms with Gasteiger partial charge in [0.1, 0.15) is 28.1 Å². The molecule has 6 nitrogen and oxygen atoms in total. The number of hydrogen-bond donors (Lipinski definition) is 1. The van der Waals surface area contributed by atoms with Gasteiger partial charge in [-0.15, -0.1) is 11.3 Å². The summed E-state index contributed by atoms with van der Waals surface area (Å²) in [5, 5.41) is 3.75. The molecule has 1 aliphatic carbocycles. The highest BCUT2D eigenvalue weighted by molar-refractivity contribution is 7.19. The van der Waals surface area contributed by atoms with Crippen molar-refractivity contribution in [3.63, 3.8) is 0 Å². The second-order valence-electron chi connectivity index (χ2n) is 8.63. The molecule has 2 aliphatic rings. The van der Waals surface area contributed by atoms with Gasteiger partial charge in [0.2, 0.25) is 0 Å². The van der Waals surface area contributed by atoms with Gasteiger partial charge in [0, 0.05) is 43.5 Å². The number of anilines is 2. The molecule has 0 unspecified atom stereocenters. The molecule has 174 valence electrons. The summed E-state index contributed by atoms with van der Waals surface area (Å²) >= 11 is 1.81. The second kappa shape index (κ2) is 9.21. The number of hydrogen-bond acceptors (Lipinski definition) is 5. The van der Waals surface area contributed by atoms with Crippen molar-refractivity contribution < 1.29 is 13.6 Å². The minimum absolute atomic E-state index is 0.0181. The van der Waals surface area contributed by atoms with Crippen LogP contribution < -0.4 is 10.2 Å². The summed E-state index contributed by atoms with van der Waals surface area (Å²) in [7, 11) is 0. The number of rotatable bonds is 4. The van der Waals surface area contributed by atoms with E-state index in [2.05, 4.69) is 17.1 Å². The summed E-state index contributed by atoms with van der Waals surface area (Å²) in [6.45, 7) is 4.41. The molecule has 1 aliphatic heterocycles. The van der Waals surface area contributed by atoms with Crippen LogP contribution in [0.2, 0.25) is 0 Å². The number of aryl methyl sites for hydroxylation is 3. The van der Waals surface area contributed by atoms with Crippen LogP contribution in [0.5, 0.6) is 0 Å². The molecule has 1 aromatic carbocycles. The number of nitrogens with one attached hydrogen (secondary N) is 1. The summed E-state index contributed by atoms with van der Waals surface area (Å²) in [4.78, 5) is 29.0. The Morgan fingerprint density at radius 3 is 2.67 bits per heavy atom. The lowest BCUT2D eigenvalue weighted by molar-refractivity contribution is 0.208. The molecule has 33 heavy (non-hydrogen) atoms. The second-order valence-corrected chi connectivity index (χ2v) is 9.72. The molecule has 0 atom stereocenters. The first-order chi connectivity index (χ1) is 16.0. The van der Waals surface area contributed by atoms with Crippen molar-refractivity contribution in [3.05, 3.63) is 46.1 Å². The van der Waals surface area contributed by atoms with Crippen LogP contribution >= 0.6 is 11.3 Å². The lowest BCUT2D eigenvalue weighted by Crippen LogP contribution is -2.50. The fourth-order valence-electron chi connectivity index (χ4n) is 4.65. The molecule has 0 saturated carbocycles. The highest BCUT2D eigenvalue weighted by Gasteiger charge is 2.27. The van der Waals surface area contributed by atoms with Crippen LogP contribution in [0, 0.1) is 11.6 Å². The zero-order valence-corrected chi connectivity index (χ0v) is 19.5. The number of urea groups is 1. The number of thiophene rings is 1. The quantitative estimate of drug-likeness (QED) is 0.571. The molecule has 1 fully saturated rings. The fraction of sp³-hybridized carbons (Fsp3) is 0.458. The van der Waals surface area contributed by atoms with Crippen molar-refractivity contribution in [2.45, 2.75) is 45.4 Å². The Kier molecular flexibility index (Phi) is 6.14. The van der Waals surface area contributed by atoms with E-state index in [1.807, 2.05) is 11.3 Å². The number of aromatic nitrogens is 2. The summed E-state index contributed by atoms with van der Waals surface area (Å²) in [5.41, 5.74) is 1.39. The molecular weight excluding hydrogens is 444 g/mol. The van der Waals surface area contributed by atoms with E-state index in [0.717, 1.165) is 54.3 Å². The van der Waals surface area contributed by atoms with Gasteiger partial charge in [0.15, 0.2) is 0 Å². The largest absolute Gasteiger partial charge is 0.352 e. The van der Waals surface area contributed by atoms with Gasteiger partial charge in [0.25, 0.3) is 0 Å². The molecule has 2 amide bonds. The lowest BCUT2D eigenvalue weighted by atomic mass is 9.97. The summed E-state index contributed by atoms with van der Waals surface area (Å²) in [6.07, 6.45) is 6.45. The molecule has 9 heteroatoms. The highest BCUT2D eigenvalue weighted by atomic mass is 32.1. The van der Waals surface area contributed by atoms with E-state index in [4.69, 9.17) is 9.97 Å². The monoisotopic (exact) mass is 471 g/mol. The molecule has 5 rings (SSSR count). The number of piperazine rings is 1. The number of fused-ring (bicyclic) bond motifs is 3. The van der Waals surface area contributed by atoms with E-state index in [9.17, 15) is 13.6 Å². The van der Waals surface area contributed by atoms with E-state index in [1.54, 1.807) is 4.90 Å². The summed E-state index contributed by atoms with van der Waals surface area (Å²) < 4.78 is 27.1. The summed E-state index contributed by atoms with van der Waals surface area (Å²) in [5.74, 6) is 0.419. The molecule has 1 N–H and O–H groups in total. The number of amides is 2. The smallest absolute Gasteiger partial charge is 0.322 e. The number of carbonyl (C=O) groups excluding carboxylic acids is 1. The van der Waals surface area contributed by atoms with Gasteiger partial charge in [-0.25, -0.2) is 23.5 Å². The maximum atomic E-state index is 13.9. The molecule has 3 heterocycles. The molecule has 2 aromatic heterocycles. The highest BCUT2D eigenvalue weighted by Crippen LogP contribution is 2.40. The minimum Gasteiger partial charge on any atom is -0.352 e. The van der Waals surface area contributed by atoms with Crippen LogP contribution in [0.1, 0.15) is 42.5 Å². The van der Waals surface area contributed by atoms with Gasteiger partial charge >= 0.3 is 6.03 Å². The van der Waals surface area contributed by atoms with Crippen molar-refractivity contribution in [3.8, 4) is 0 Å². The molecule has 0 spiro atoms. The van der Waals surface area contributed by atoms with Crippen molar-refractivity contribution in [2.24, 2.45) is 0 Å². The third kappa shape index (κ3) is 4.38. The van der Waals surface area contributed by atoms with Crippen molar-refractivity contribution in [2.75, 3.05) is 36.4 Å². The Hall–Kier alpha value is -2.81. The first-order valence-electron chi connectivity index (χ1n) is 11.6. The van der Waals surface area contributed by atoms with Crippen LogP contribution in [0.3, 0.4) is 0 Å². The number of halogens is 2. The number of nitrogens with zero attached hydrogens (tertiary/aromatic N) is 4. The van der Waals surface area contributed by atoms with E-state index < -0.39 is 11.6 Å². The average molecular weight is 472 g/mol. The standard InChI is InChI=1S/C24H27F2N5OS/c1-2-5-20-28-22(21-16-6-3-4-7-19(16)33-23(21)29-20)30-10-12-31(13-11-30)24(32)27-18-9-8-15(25)14-17(18)26/h8-9,14H,2-7,10-13H2,1H3,(H,27,32). The van der Waals surface area contributed by atoms with Crippen LogP contribution in [-0.2, 0) is 19.3 Å². The first kappa shape index (κ1) is 22.0. The molecular formula is C24H27F2N5OS. The number of carbonyl (C=O) groups is 1. The van der Waals surface area contributed by atoms with E-state index in [0.29, 0.717) is 26.2 Å². The van der Waals surface area contributed by atoms with E-state index >= 15 is 0 Å². The Balaban J connectivity index is 1.35. The van der Waals surface area contributed by atoms with E-state index in [1.165, 1.54) is 34.7 Å². The van der Waals surface area contributed by atoms with Gasteiger partial charge < -0.3 is 15.1 Å². The van der Waals surface area contributed by atoms with Gasteiger partial charge in [-0.1, -0.05) is 6.92 Å². The van der Waals surface area contributed by atoms with Gasteiger partial charge in [0.05, 0.1) is 11.1 Å².